The van der Waals surface area contributed by atoms with Crippen molar-refractivity contribution in [2.24, 2.45) is 5.92 Å². The Balaban J connectivity index is 1.51. The normalized spacial score (nSPS) is 16.3. The van der Waals surface area contributed by atoms with Gasteiger partial charge in [-0.25, -0.2) is 9.67 Å². The van der Waals surface area contributed by atoms with Gasteiger partial charge in [-0.05, 0) is 42.3 Å². The van der Waals surface area contributed by atoms with Gasteiger partial charge in [0, 0.05) is 23.7 Å². The molecule has 2 aromatic carbocycles. The lowest BCUT2D eigenvalue weighted by molar-refractivity contribution is -0.122. The predicted molar refractivity (Wildman–Crippen MR) is 111 cm³/mol. The van der Waals surface area contributed by atoms with Crippen LogP contribution in [0.15, 0.2) is 55.1 Å². The van der Waals surface area contributed by atoms with Crippen molar-refractivity contribution in [3.05, 3.63) is 65.7 Å². The third kappa shape index (κ3) is 4.00. The molecule has 8 heteroatoms. The van der Waals surface area contributed by atoms with Crippen LogP contribution in [0.4, 0.5) is 11.4 Å². The fourth-order valence-electron chi connectivity index (χ4n) is 3.42. The summed E-state index contributed by atoms with van der Waals surface area (Å²) < 4.78 is 1.55. The van der Waals surface area contributed by atoms with Crippen molar-refractivity contribution in [2.45, 2.75) is 19.8 Å². The van der Waals surface area contributed by atoms with Crippen molar-refractivity contribution in [3.63, 3.8) is 0 Å². The lowest BCUT2D eigenvalue weighted by Crippen LogP contribution is -2.28. The molecule has 148 valence electrons. The van der Waals surface area contributed by atoms with Gasteiger partial charge in [0.25, 0.3) is 0 Å². The van der Waals surface area contributed by atoms with Gasteiger partial charge in [0.15, 0.2) is 0 Å². The van der Waals surface area contributed by atoms with E-state index in [1.165, 1.54) is 11.9 Å². The zero-order chi connectivity index (χ0) is 20.4. The number of anilines is 2. The van der Waals surface area contributed by atoms with Gasteiger partial charge in [-0.2, -0.15) is 5.10 Å². The minimum atomic E-state index is -0.448. The topological polar surface area (TPSA) is 80.1 Å². The van der Waals surface area contributed by atoms with Gasteiger partial charge in [0.05, 0.1) is 17.3 Å². The van der Waals surface area contributed by atoms with Gasteiger partial charge < -0.3 is 10.2 Å². The van der Waals surface area contributed by atoms with E-state index < -0.39 is 5.92 Å². The average Bonchev–Trinajstić information content (AvgIpc) is 3.38. The summed E-state index contributed by atoms with van der Waals surface area (Å²) in [6.07, 6.45) is 4.06. The maximum absolute atomic E-state index is 12.9. The van der Waals surface area contributed by atoms with E-state index in [0.717, 1.165) is 12.1 Å². The average molecular weight is 410 g/mol. The lowest BCUT2D eigenvalue weighted by atomic mass is 10.1. The second-order valence-corrected chi connectivity index (χ2v) is 7.35. The molecule has 0 aliphatic carbocycles. The number of benzene rings is 2. The summed E-state index contributed by atoms with van der Waals surface area (Å²) in [6, 6.07) is 13.0. The molecule has 1 fully saturated rings. The highest BCUT2D eigenvalue weighted by molar-refractivity contribution is 6.31. The predicted octanol–water partition coefficient (Wildman–Crippen LogP) is 3.47. The smallest absolute Gasteiger partial charge is 0.229 e. The van der Waals surface area contributed by atoms with Crippen molar-refractivity contribution in [1.29, 1.82) is 0 Å². The molecule has 2 heterocycles. The Bertz CT molecular complexity index is 1030. The molecule has 7 nitrogen and oxygen atoms in total. The lowest BCUT2D eigenvalue weighted by Gasteiger charge is -2.17. The van der Waals surface area contributed by atoms with Crippen LogP contribution in [0.3, 0.4) is 0 Å². The first-order chi connectivity index (χ1) is 14.0. The van der Waals surface area contributed by atoms with Crippen molar-refractivity contribution in [3.8, 4) is 5.69 Å². The molecule has 1 unspecified atom stereocenters. The van der Waals surface area contributed by atoms with E-state index in [-0.39, 0.29) is 18.2 Å². The summed E-state index contributed by atoms with van der Waals surface area (Å²) in [5.41, 5.74) is 3.19. The van der Waals surface area contributed by atoms with Gasteiger partial charge in [0.1, 0.15) is 12.7 Å². The number of hydrogen-bond donors (Lipinski definition) is 1. The van der Waals surface area contributed by atoms with Crippen LogP contribution in [-0.4, -0.2) is 33.1 Å². The summed E-state index contributed by atoms with van der Waals surface area (Å²) in [6.45, 7) is 2.43. The Hall–Kier alpha value is -3.19. The number of carbonyl (C=O) groups excluding carboxylic acids is 2. The van der Waals surface area contributed by atoms with Gasteiger partial charge in [-0.15, -0.1) is 0 Å². The SMILES string of the molecule is CCc1ccc(N2CC(C(=O)Nc3cc(Cl)ccc3-n3cncn3)CC2=O)cc1. The molecule has 1 aliphatic heterocycles. The summed E-state index contributed by atoms with van der Waals surface area (Å²) in [5.74, 6) is -0.734. The maximum Gasteiger partial charge on any atom is 0.229 e. The number of aromatic nitrogens is 3. The van der Waals surface area contributed by atoms with E-state index in [0.29, 0.717) is 22.9 Å². The fourth-order valence-corrected chi connectivity index (χ4v) is 3.59. The minimum absolute atomic E-state index is 0.0583. The van der Waals surface area contributed by atoms with E-state index in [1.54, 1.807) is 34.1 Å². The van der Waals surface area contributed by atoms with Crippen LogP contribution >= 0.6 is 11.6 Å². The molecule has 0 bridgehead atoms. The minimum Gasteiger partial charge on any atom is -0.324 e. The Morgan fingerprint density at radius 3 is 2.72 bits per heavy atom. The Kier molecular flexibility index (Phi) is 5.31. The molecule has 1 saturated heterocycles. The number of aryl methyl sites for hydroxylation is 1. The van der Waals surface area contributed by atoms with E-state index in [9.17, 15) is 9.59 Å². The van der Waals surface area contributed by atoms with Gasteiger partial charge in [0.2, 0.25) is 11.8 Å². The molecular weight excluding hydrogens is 390 g/mol. The standard InChI is InChI=1S/C21H20ClN5O2/c1-2-14-3-6-17(7-4-14)26-11-15(9-20(26)28)21(29)25-18-10-16(22)5-8-19(18)27-13-23-12-24-27/h3-8,10,12-13,15H,2,9,11H2,1H3,(H,25,29). The van der Waals surface area contributed by atoms with Crippen LogP contribution < -0.4 is 10.2 Å². The number of carbonyl (C=O) groups is 2. The monoisotopic (exact) mass is 409 g/mol. The van der Waals surface area contributed by atoms with Crippen LogP contribution in [0.1, 0.15) is 18.9 Å². The number of amides is 2. The van der Waals surface area contributed by atoms with E-state index in [2.05, 4.69) is 22.3 Å². The number of nitrogens with one attached hydrogen (secondary N) is 1. The first-order valence-corrected chi connectivity index (χ1v) is 9.77. The maximum atomic E-state index is 12.9. The largest absolute Gasteiger partial charge is 0.324 e. The zero-order valence-electron chi connectivity index (χ0n) is 15.9. The molecule has 1 atom stereocenters. The molecule has 4 rings (SSSR count). The van der Waals surface area contributed by atoms with Gasteiger partial charge in [-0.1, -0.05) is 30.7 Å². The highest BCUT2D eigenvalue weighted by atomic mass is 35.5. The molecular formula is C21H20ClN5O2. The van der Waals surface area contributed by atoms with Crippen LogP contribution in [0.25, 0.3) is 5.69 Å². The molecule has 29 heavy (non-hydrogen) atoms. The second kappa shape index (κ2) is 8.05. The van der Waals surface area contributed by atoms with E-state index in [1.807, 2.05) is 24.3 Å². The summed E-state index contributed by atoms with van der Waals surface area (Å²) in [5, 5.41) is 7.50. The summed E-state index contributed by atoms with van der Waals surface area (Å²) in [4.78, 5) is 31.0. The third-order valence-corrected chi connectivity index (χ3v) is 5.27. The van der Waals surface area contributed by atoms with Crippen LogP contribution in [-0.2, 0) is 16.0 Å². The zero-order valence-corrected chi connectivity index (χ0v) is 16.6. The second-order valence-electron chi connectivity index (χ2n) is 6.92. The summed E-state index contributed by atoms with van der Waals surface area (Å²) >= 11 is 6.11. The molecule has 1 aromatic heterocycles. The molecule has 1 N–H and O–H groups in total. The van der Waals surface area contributed by atoms with E-state index in [4.69, 9.17) is 11.6 Å². The number of rotatable bonds is 5. The molecule has 0 spiro atoms. The van der Waals surface area contributed by atoms with Crippen molar-refractivity contribution < 1.29 is 9.59 Å². The van der Waals surface area contributed by atoms with Crippen molar-refractivity contribution in [2.75, 3.05) is 16.8 Å². The van der Waals surface area contributed by atoms with E-state index >= 15 is 0 Å². The van der Waals surface area contributed by atoms with Gasteiger partial charge >= 0.3 is 0 Å². The van der Waals surface area contributed by atoms with Crippen molar-refractivity contribution >= 4 is 34.8 Å². The quantitative estimate of drug-likeness (QED) is 0.699. The summed E-state index contributed by atoms with van der Waals surface area (Å²) in [7, 11) is 0. The Morgan fingerprint density at radius 2 is 2.03 bits per heavy atom. The number of halogens is 1. The van der Waals surface area contributed by atoms with Crippen LogP contribution in [0.2, 0.25) is 5.02 Å². The van der Waals surface area contributed by atoms with Crippen molar-refractivity contribution in [1.82, 2.24) is 14.8 Å². The highest BCUT2D eigenvalue weighted by Gasteiger charge is 2.35. The van der Waals surface area contributed by atoms with Crippen LogP contribution in [0, 0.1) is 5.92 Å². The van der Waals surface area contributed by atoms with Gasteiger partial charge in [-0.3, -0.25) is 9.59 Å². The third-order valence-electron chi connectivity index (χ3n) is 5.03. The number of nitrogens with zero attached hydrogens (tertiary/aromatic N) is 4. The Morgan fingerprint density at radius 1 is 1.24 bits per heavy atom. The fraction of sp³-hybridized carbons (Fsp3) is 0.238. The highest BCUT2D eigenvalue weighted by Crippen LogP contribution is 2.28. The first-order valence-electron chi connectivity index (χ1n) is 9.40. The van der Waals surface area contributed by atoms with Crippen LogP contribution in [0.5, 0.6) is 0 Å². The Labute approximate surface area is 173 Å². The molecule has 0 saturated carbocycles. The number of hydrogen-bond acceptors (Lipinski definition) is 4. The molecule has 0 radical (unpaired) electrons. The molecule has 1 aliphatic rings. The first kappa shape index (κ1) is 19.1. The molecule has 2 amide bonds. The molecule has 3 aromatic rings.